The number of rotatable bonds is 3. The summed E-state index contributed by atoms with van der Waals surface area (Å²) in [6.45, 7) is 0. The Balaban J connectivity index is 3.49. The minimum Gasteiger partial charge on any atom is -0.496 e. The van der Waals surface area contributed by atoms with Gasteiger partial charge in [0.25, 0.3) is 6.43 Å². The Bertz CT molecular complexity index is 478. The van der Waals surface area contributed by atoms with Crippen molar-refractivity contribution < 1.29 is 26.7 Å². The fourth-order valence-corrected chi connectivity index (χ4v) is 1.34. The Morgan fingerprint density at radius 1 is 1.44 bits per heavy atom. The van der Waals surface area contributed by atoms with Crippen molar-refractivity contribution in [3.63, 3.8) is 0 Å². The van der Waals surface area contributed by atoms with Gasteiger partial charge in [-0.3, -0.25) is 0 Å². The number of methoxy groups -OCH3 is 1. The van der Waals surface area contributed by atoms with E-state index in [0.29, 0.717) is 6.07 Å². The molecule has 0 aromatic carbocycles. The second kappa shape index (κ2) is 5.16. The highest BCUT2D eigenvalue weighted by molar-refractivity contribution is 5.41. The van der Waals surface area contributed by atoms with Gasteiger partial charge in [-0.05, 0) is 0 Å². The Morgan fingerprint density at radius 2 is 2.06 bits per heavy atom. The van der Waals surface area contributed by atoms with Gasteiger partial charge in [0.1, 0.15) is 11.4 Å². The molecule has 3 nitrogen and oxygen atoms in total. The van der Waals surface area contributed by atoms with Gasteiger partial charge >= 0.3 is 6.18 Å². The van der Waals surface area contributed by atoms with E-state index in [1.54, 1.807) is 0 Å². The van der Waals surface area contributed by atoms with Crippen LogP contribution in [0.1, 0.15) is 23.4 Å². The van der Waals surface area contributed by atoms with Crippen LogP contribution >= 0.6 is 0 Å². The molecular weight excluding hydrogens is 259 g/mol. The third kappa shape index (κ3) is 2.85. The van der Waals surface area contributed by atoms with E-state index in [-0.39, 0.29) is 0 Å². The summed E-state index contributed by atoms with van der Waals surface area (Å²) in [4.78, 5) is 3.06. The molecule has 18 heavy (non-hydrogen) atoms. The van der Waals surface area contributed by atoms with Gasteiger partial charge in [0.05, 0.1) is 30.9 Å². The van der Waals surface area contributed by atoms with E-state index in [0.717, 1.165) is 7.11 Å². The first-order valence-corrected chi connectivity index (χ1v) is 4.61. The molecule has 0 spiro atoms. The molecule has 0 atom stereocenters. The van der Waals surface area contributed by atoms with E-state index >= 15 is 0 Å². The van der Waals surface area contributed by atoms with Crippen molar-refractivity contribution in [2.24, 2.45) is 0 Å². The number of hydrogen-bond acceptors (Lipinski definition) is 3. The molecular formula is C10H7F5N2O. The van der Waals surface area contributed by atoms with E-state index in [1.807, 2.05) is 0 Å². The van der Waals surface area contributed by atoms with Crippen LogP contribution in [-0.2, 0) is 12.6 Å². The highest BCUT2D eigenvalue weighted by atomic mass is 19.4. The summed E-state index contributed by atoms with van der Waals surface area (Å²) in [5, 5.41) is 8.43. The van der Waals surface area contributed by atoms with Crippen LogP contribution in [0.15, 0.2) is 6.07 Å². The summed E-state index contributed by atoms with van der Waals surface area (Å²) in [5.74, 6) is -0.627. The van der Waals surface area contributed by atoms with Crippen molar-refractivity contribution >= 4 is 0 Å². The lowest BCUT2D eigenvalue weighted by Gasteiger charge is -2.14. The maximum atomic E-state index is 12.7. The molecule has 0 fully saturated rings. The summed E-state index contributed by atoms with van der Waals surface area (Å²) in [5.41, 5.74) is -2.78. The molecule has 0 saturated carbocycles. The van der Waals surface area contributed by atoms with Gasteiger partial charge in [-0.25, -0.2) is 13.8 Å². The lowest BCUT2D eigenvalue weighted by atomic mass is 10.1. The quantitative estimate of drug-likeness (QED) is 0.789. The van der Waals surface area contributed by atoms with Gasteiger partial charge < -0.3 is 4.74 Å². The predicted octanol–water partition coefficient (Wildman–Crippen LogP) is 3.11. The molecule has 0 N–H and O–H groups in total. The van der Waals surface area contributed by atoms with Crippen LogP contribution in [0.4, 0.5) is 22.0 Å². The molecule has 1 heterocycles. The summed E-state index contributed by atoms with van der Waals surface area (Å²) in [6.07, 6.45) is -8.52. The Hall–Kier alpha value is -1.91. The zero-order valence-corrected chi connectivity index (χ0v) is 9.05. The van der Waals surface area contributed by atoms with Gasteiger partial charge in [-0.1, -0.05) is 0 Å². The number of hydrogen-bond donors (Lipinski definition) is 0. The fourth-order valence-electron chi connectivity index (χ4n) is 1.34. The first kappa shape index (κ1) is 14.2. The number of aromatic nitrogens is 1. The summed E-state index contributed by atoms with van der Waals surface area (Å²) in [6, 6.07) is 1.88. The van der Waals surface area contributed by atoms with Crippen LogP contribution in [0.5, 0.6) is 5.75 Å². The van der Waals surface area contributed by atoms with Crippen molar-refractivity contribution in [3.8, 4) is 11.8 Å². The fraction of sp³-hybridized carbons (Fsp3) is 0.400. The van der Waals surface area contributed by atoms with Crippen LogP contribution in [0, 0.1) is 11.3 Å². The molecule has 0 bridgehead atoms. The van der Waals surface area contributed by atoms with E-state index in [4.69, 9.17) is 5.26 Å². The highest BCUT2D eigenvalue weighted by Crippen LogP contribution is 2.37. The summed E-state index contributed by atoms with van der Waals surface area (Å²) < 4.78 is 67.3. The van der Waals surface area contributed by atoms with Gasteiger partial charge in [0.2, 0.25) is 0 Å². The molecule has 0 unspecified atom stereocenters. The number of ether oxygens (including phenoxy) is 1. The van der Waals surface area contributed by atoms with Gasteiger partial charge in [0, 0.05) is 6.07 Å². The molecule has 8 heteroatoms. The predicted molar refractivity (Wildman–Crippen MR) is 50.1 cm³/mol. The zero-order valence-electron chi connectivity index (χ0n) is 9.05. The van der Waals surface area contributed by atoms with E-state index in [2.05, 4.69) is 9.72 Å². The second-order valence-electron chi connectivity index (χ2n) is 3.20. The zero-order chi connectivity index (χ0) is 13.9. The number of nitrogens with zero attached hydrogens (tertiary/aromatic N) is 2. The lowest BCUT2D eigenvalue weighted by molar-refractivity contribution is -0.141. The summed E-state index contributed by atoms with van der Waals surface area (Å²) in [7, 11) is 0.970. The standard InChI is InChI=1S/C10H7F5N2O/c1-18-6-4-7(10(13,14)15)17-5(2-3-16)8(6)9(11)12/h4,9H,2H2,1H3. The minimum atomic E-state index is -4.79. The largest absolute Gasteiger partial charge is 0.496 e. The number of pyridine rings is 1. The molecule has 0 radical (unpaired) electrons. The maximum absolute atomic E-state index is 12.7. The number of alkyl halides is 5. The molecule has 0 saturated heterocycles. The van der Waals surface area contributed by atoms with E-state index in [1.165, 1.54) is 6.07 Å². The van der Waals surface area contributed by atoms with Crippen molar-refractivity contribution in [2.45, 2.75) is 19.0 Å². The molecule has 1 aromatic heterocycles. The molecule has 0 aliphatic heterocycles. The molecule has 1 aromatic rings. The van der Waals surface area contributed by atoms with E-state index in [9.17, 15) is 22.0 Å². The van der Waals surface area contributed by atoms with E-state index < -0.39 is 41.7 Å². The van der Waals surface area contributed by atoms with Gasteiger partial charge in [-0.15, -0.1) is 0 Å². The maximum Gasteiger partial charge on any atom is 0.433 e. The topological polar surface area (TPSA) is 45.9 Å². The van der Waals surface area contributed by atoms with Crippen LogP contribution in [-0.4, -0.2) is 12.1 Å². The SMILES string of the molecule is COc1cc(C(F)(F)F)nc(CC#N)c1C(F)F. The second-order valence-corrected chi connectivity index (χ2v) is 3.20. The third-order valence-corrected chi connectivity index (χ3v) is 2.07. The molecule has 0 amide bonds. The monoisotopic (exact) mass is 266 g/mol. The van der Waals surface area contributed by atoms with Crippen molar-refractivity contribution in [2.75, 3.05) is 7.11 Å². The highest BCUT2D eigenvalue weighted by Gasteiger charge is 2.35. The third-order valence-electron chi connectivity index (χ3n) is 2.07. The van der Waals surface area contributed by atoms with Crippen molar-refractivity contribution in [1.82, 2.24) is 4.98 Å². The minimum absolute atomic E-state index is 0.391. The Morgan fingerprint density at radius 3 is 2.44 bits per heavy atom. The van der Waals surface area contributed by atoms with Crippen LogP contribution in [0.25, 0.3) is 0 Å². The van der Waals surface area contributed by atoms with Crippen LogP contribution in [0.2, 0.25) is 0 Å². The average Bonchev–Trinajstić information content (AvgIpc) is 2.26. The first-order chi connectivity index (χ1) is 8.31. The van der Waals surface area contributed by atoms with Crippen molar-refractivity contribution in [3.05, 3.63) is 23.0 Å². The van der Waals surface area contributed by atoms with Gasteiger partial charge in [-0.2, -0.15) is 18.4 Å². The normalized spacial score (nSPS) is 11.4. The number of halogens is 5. The molecule has 1 rings (SSSR count). The summed E-state index contributed by atoms with van der Waals surface area (Å²) >= 11 is 0. The van der Waals surface area contributed by atoms with Crippen molar-refractivity contribution in [1.29, 1.82) is 5.26 Å². The average molecular weight is 266 g/mol. The Kier molecular flexibility index (Phi) is 4.06. The van der Waals surface area contributed by atoms with Gasteiger partial charge in [0.15, 0.2) is 0 Å². The molecule has 0 aliphatic carbocycles. The lowest BCUT2D eigenvalue weighted by Crippen LogP contribution is -2.12. The molecule has 0 aliphatic rings. The smallest absolute Gasteiger partial charge is 0.433 e. The Labute approximate surface area is 98.8 Å². The van der Waals surface area contributed by atoms with Crippen LogP contribution < -0.4 is 4.74 Å². The van der Waals surface area contributed by atoms with Crippen LogP contribution in [0.3, 0.4) is 0 Å². The molecule has 98 valence electrons. The number of nitriles is 1. The first-order valence-electron chi connectivity index (χ1n) is 4.61.